The van der Waals surface area contributed by atoms with E-state index in [2.05, 4.69) is 37.3 Å². The number of hydrogen-bond acceptors (Lipinski definition) is 8. The number of aryl methyl sites for hydroxylation is 1. The fourth-order valence-electron chi connectivity index (χ4n) is 3.59. The van der Waals surface area contributed by atoms with E-state index in [1.807, 2.05) is 0 Å². The van der Waals surface area contributed by atoms with Gasteiger partial charge < -0.3 is 4.74 Å². The number of nitrogens with zero attached hydrogens (tertiary/aromatic N) is 5. The fraction of sp³-hybridized carbons (Fsp3) is 0.231. The number of amides is 1. The van der Waals surface area contributed by atoms with Crippen LogP contribution in [0.5, 0.6) is 5.75 Å². The Morgan fingerprint density at radius 3 is 2.69 bits per heavy atom. The highest BCUT2D eigenvalue weighted by Crippen LogP contribution is 2.35. The Hall–Kier alpha value is -4.57. The van der Waals surface area contributed by atoms with Gasteiger partial charge in [0, 0.05) is 29.3 Å². The average molecular weight is 553 g/mol. The molecule has 4 aromatic rings. The zero-order chi connectivity index (χ0) is 27.7. The molecule has 13 heteroatoms. The van der Waals surface area contributed by atoms with Crippen molar-refractivity contribution in [3.05, 3.63) is 74.8 Å². The summed E-state index contributed by atoms with van der Waals surface area (Å²) in [4.78, 5) is 33.8. The summed E-state index contributed by atoms with van der Waals surface area (Å²) in [7, 11) is 1.32. The zero-order valence-electron chi connectivity index (χ0n) is 20.5. The van der Waals surface area contributed by atoms with E-state index in [9.17, 15) is 22.8 Å². The third-order valence-corrected chi connectivity index (χ3v) is 6.56. The van der Waals surface area contributed by atoms with Crippen molar-refractivity contribution in [2.45, 2.75) is 26.2 Å². The Labute approximate surface area is 223 Å². The molecule has 0 atom stereocenters. The van der Waals surface area contributed by atoms with Crippen LogP contribution in [0.15, 0.2) is 41.6 Å². The molecule has 0 spiro atoms. The Kier molecular flexibility index (Phi) is 7.12. The van der Waals surface area contributed by atoms with Crippen LogP contribution in [0.25, 0.3) is 16.9 Å². The number of anilines is 1. The lowest BCUT2D eigenvalue weighted by molar-refractivity contribution is 0.102. The molecule has 5 rings (SSSR count). The number of ether oxygens (including phenoxy) is 1. The van der Waals surface area contributed by atoms with Gasteiger partial charge in [0.25, 0.3) is 17.9 Å². The summed E-state index contributed by atoms with van der Waals surface area (Å²) in [6, 6.07) is 3.48. The molecule has 1 N–H and O–H groups in total. The molecule has 4 heterocycles. The first kappa shape index (κ1) is 26.1. The van der Waals surface area contributed by atoms with E-state index in [1.165, 1.54) is 20.1 Å². The largest absolute Gasteiger partial charge is 0.494 e. The van der Waals surface area contributed by atoms with E-state index in [4.69, 9.17) is 4.74 Å². The van der Waals surface area contributed by atoms with Crippen LogP contribution in [0.1, 0.15) is 45.9 Å². The van der Waals surface area contributed by atoms with Crippen LogP contribution >= 0.6 is 11.3 Å². The molecule has 39 heavy (non-hydrogen) atoms. The Morgan fingerprint density at radius 2 is 1.97 bits per heavy atom. The van der Waals surface area contributed by atoms with Crippen LogP contribution in [-0.4, -0.2) is 37.7 Å². The van der Waals surface area contributed by atoms with Crippen LogP contribution in [0.4, 0.5) is 18.3 Å². The molecule has 0 radical (unpaired) electrons. The first-order valence-corrected chi connectivity index (χ1v) is 12.4. The first-order chi connectivity index (χ1) is 18.7. The number of carbonyl (C=O) groups excluding carboxylic acids is 1. The second kappa shape index (κ2) is 10.7. The topological polar surface area (TPSA) is 112 Å². The maximum absolute atomic E-state index is 14.3. The number of hydrogen-bond donors (Lipinski definition) is 1. The van der Waals surface area contributed by atoms with Crippen molar-refractivity contribution >= 4 is 22.4 Å². The van der Waals surface area contributed by atoms with E-state index < -0.39 is 29.4 Å². The van der Waals surface area contributed by atoms with Gasteiger partial charge in [0.1, 0.15) is 23.1 Å². The third-order valence-electron chi connectivity index (χ3n) is 5.81. The monoisotopic (exact) mass is 552 g/mol. The van der Waals surface area contributed by atoms with Crippen molar-refractivity contribution in [1.29, 1.82) is 0 Å². The van der Waals surface area contributed by atoms with E-state index in [1.54, 1.807) is 0 Å². The van der Waals surface area contributed by atoms with Gasteiger partial charge in [0.15, 0.2) is 5.01 Å². The lowest BCUT2D eigenvalue weighted by Crippen LogP contribution is -2.20. The van der Waals surface area contributed by atoms with Crippen molar-refractivity contribution in [2.24, 2.45) is 5.92 Å². The molecule has 1 aliphatic carbocycles. The van der Waals surface area contributed by atoms with Gasteiger partial charge in [-0.3, -0.25) is 24.5 Å². The van der Waals surface area contributed by atoms with Crippen molar-refractivity contribution in [2.75, 3.05) is 12.4 Å². The highest BCUT2D eigenvalue weighted by molar-refractivity contribution is 7.15. The molecule has 198 valence electrons. The van der Waals surface area contributed by atoms with Gasteiger partial charge in [0.05, 0.1) is 25.1 Å². The zero-order valence-corrected chi connectivity index (χ0v) is 21.4. The molecule has 0 aromatic carbocycles. The molecule has 4 aromatic heterocycles. The second-order valence-electron chi connectivity index (χ2n) is 8.62. The number of rotatable bonds is 6. The molecular weight excluding hydrogens is 533 g/mol. The van der Waals surface area contributed by atoms with Crippen molar-refractivity contribution in [3.8, 4) is 34.5 Å². The number of halogens is 3. The van der Waals surface area contributed by atoms with Gasteiger partial charge in [-0.1, -0.05) is 17.3 Å². The summed E-state index contributed by atoms with van der Waals surface area (Å²) < 4.78 is 47.6. The van der Waals surface area contributed by atoms with E-state index >= 15 is 0 Å². The minimum atomic E-state index is -2.90. The van der Waals surface area contributed by atoms with Crippen LogP contribution in [-0.2, 0) is 0 Å². The lowest BCUT2D eigenvalue weighted by atomic mass is 10.00. The summed E-state index contributed by atoms with van der Waals surface area (Å²) in [5.41, 5.74) is -0.867. The van der Waals surface area contributed by atoms with Gasteiger partial charge >= 0.3 is 0 Å². The molecule has 1 aliphatic rings. The summed E-state index contributed by atoms with van der Waals surface area (Å²) in [5, 5.41) is 11.1. The number of alkyl halides is 2. The molecule has 1 fully saturated rings. The fourth-order valence-corrected chi connectivity index (χ4v) is 4.19. The van der Waals surface area contributed by atoms with Crippen LogP contribution in [0, 0.1) is 30.5 Å². The number of methoxy groups -OCH3 is 1. The van der Waals surface area contributed by atoms with Crippen LogP contribution in [0.3, 0.4) is 0 Å². The minimum absolute atomic E-state index is 0.0449. The predicted octanol–water partition coefficient (Wildman–Crippen LogP) is 4.55. The molecular formula is C26H19F3N6O3S. The molecule has 0 saturated heterocycles. The first-order valence-electron chi connectivity index (χ1n) is 11.6. The Bertz CT molecular complexity index is 1710. The van der Waals surface area contributed by atoms with E-state index in [-0.39, 0.29) is 39.0 Å². The third kappa shape index (κ3) is 5.65. The number of pyridine rings is 3. The average Bonchev–Trinajstić information content (AvgIpc) is 3.66. The quantitative estimate of drug-likeness (QED) is 0.349. The number of aromatic nitrogens is 5. The standard InChI is InChI=1S/C26H19F3N6O3S/c1-13-7-23(36)35(12-18(13)27)21-9-15(16-8-19(24(28)29)30-11-20(16)38-2)17(10-31-21)25(37)32-26-34-33-22(39-26)6-5-14-3-4-14/h7-12,14,24H,3-4H2,1-2H3,(H,32,34,37). The predicted molar refractivity (Wildman–Crippen MR) is 137 cm³/mol. The van der Waals surface area contributed by atoms with Gasteiger partial charge in [0.2, 0.25) is 5.13 Å². The van der Waals surface area contributed by atoms with Crippen molar-refractivity contribution in [1.82, 2.24) is 24.7 Å². The second-order valence-corrected chi connectivity index (χ2v) is 9.60. The molecule has 9 nitrogen and oxygen atoms in total. The molecule has 1 saturated carbocycles. The van der Waals surface area contributed by atoms with E-state index in [0.717, 1.165) is 59.5 Å². The summed E-state index contributed by atoms with van der Waals surface area (Å²) in [6.07, 6.45) is 2.41. The number of carbonyl (C=O) groups is 1. The summed E-state index contributed by atoms with van der Waals surface area (Å²) in [6.45, 7) is 1.44. The highest BCUT2D eigenvalue weighted by Gasteiger charge is 2.23. The van der Waals surface area contributed by atoms with Crippen molar-refractivity contribution < 1.29 is 22.7 Å². The van der Waals surface area contributed by atoms with Gasteiger partial charge in [-0.2, -0.15) is 0 Å². The van der Waals surface area contributed by atoms with Crippen molar-refractivity contribution in [3.63, 3.8) is 0 Å². The Morgan fingerprint density at radius 1 is 1.18 bits per heavy atom. The summed E-state index contributed by atoms with van der Waals surface area (Å²) in [5.74, 6) is 5.05. The van der Waals surface area contributed by atoms with Gasteiger partial charge in [-0.25, -0.2) is 18.2 Å². The van der Waals surface area contributed by atoms with Crippen LogP contribution < -0.4 is 15.6 Å². The molecule has 0 aliphatic heterocycles. The maximum atomic E-state index is 14.3. The molecule has 0 bridgehead atoms. The normalized spacial score (nSPS) is 12.7. The number of nitrogens with one attached hydrogen (secondary N) is 1. The Balaban J connectivity index is 1.60. The minimum Gasteiger partial charge on any atom is -0.494 e. The SMILES string of the molecule is COc1cnc(C(F)F)cc1-c1cc(-n2cc(F)c(C)cc2=O)ncc1C(=O)Nc1nnc(C#CC2CC2)s1. The highest BCUT2D eigenvalue weighted by atomic mass is 32.1. The van der Waals surface area contributed by atoms with Crippen LogP contribution in [0.2, 0.25) is 0 Å². The van der Waals surface area contributed by atoms with Gasteiger partial charge in [-0.05, 0) is 43.4 Å². The van der Waals surface area contributed by atoms with E-state index in [0.29, 0.717) is 10.9 Å². The molecule has 1 amide bonds. The maximum Gasteiger partial charge on any atom is 0.280 e. The molecule has 0 unspecified atom stereocenters. The summed E-state index contributed by atoms with van der Waals surface area (Å²) >= 11 is 1.08. The lowest BCUT2D eigenvalue weighted by Gasteiger charge is -2.15. The van der Waals surface area contributed by atoms with Gasteiger partial charge in [-0.15, -0.1) is 10.2 Å². The smallest absolute Gasteiger partial charge is 0.280 e.